The molecular weight excluding hydrogens is 695 g/mol. The molecule has 0 spiro atoms. The first-order valence-electron chi connectivity index (χ1n) is 17.3. The van der Waals surface area contributed by atoms with E-state index in [-0.39, 0.29) is 0 Å². The standard InChI is InChI=1S/2C17H15.2C3H7.2CH3.CH2.Hf/c2*1-2-13-7-3-4-10-15(13)17-12-6-9-14-8-5-11-16(14)17;2*1-3-2;;;;/h2*3-12H,2H2,1H3;2*1,3H2,2H3;2*1H3;1H2;. The van der Waals surface area contributed by atoms with E-state index in [1.165, 1.54) is 64.0 Å². The average molecular weight is 747 g/mol. The van der Waals surface area contributed by atoms with Crippen LogP contribution in [0.15, 0.2) is 97.1 Å². The summed E-state index contributed by atoms with van der Waals surface area (Å²) in [7, 11) is 0. The van der Waals surface area contributed by atoms with Gasteiger partial charge in [0, 0.05) is 0 Å². The van der Waals surface area contributed by atoms with Gasteiger partial charge in [0.1, 0.15) is 0 Å². The van der Waals surface area contributed by atoms with Gasteiger partial charge in [-0.2, -0.15) is 0 Å². The topological polar surface area (TPSA) is 0 Å². The van der Waals surface area contributed by atoms with Crippen LogP contribution < -0.4 is 0 Å². The maximum absolute atomic E-state index is 5.87. The van der Waals surface area contributed by atoms with Gasteiger partial charge < -0.3 is 0 Å². The zero-order valence-corrected chi connectivity index (χ0v) is 31.6. The number of hydrogen-bond donors (Lipinski definition) is 0. The Morgan fingerprint density at radius 3 is 1.30 bits per heavy atom. The van der Waals surface area contributed by atoms with E-state index in [1.54, 1.807) is 0 Å². The van der Waals surface area contributed by atoms with E-state index in [4.69, 9.17) is 4.26 Å². The molecule has 0 fully saturated rings. The summed E-state index contributed by atoms with van der Waals surface area (Å²) in [5.74, 6) is 0. The van der Waals surface area contributed by atoms with Crippen molar-refractivity contribution in [3.8, 4) is 22.3 Å². The summed E-state index contributed by atoms with van der Waals surface area (Å²) in [6.45, 7) is 9.36. The first-order valence-corrected chi connectivity index (χ1v) is 36.3. The molecule has 4 aromatic rings. The molecule has 2 atom stereocenters. The third-order valence-corrected chi connectivity index (χ3v) is 57.6. The molecule has 0 N–H and O–H groups in total. The van der Waals surface area contributed by atoms with E-state index < -0.39 is 15.1 Å². The molecule has 0 aliphatic heterocycles. The zero-order chi connectivity index (χ0) is 31.3. The molecule has 4 aromatic carbocycles. The average Bonchev–Trinajstić information content (AvgIpc) is 3.68. The summed E-state index contributed by atoms with van der Waals surface area (Å²) in [5, 5.41) is 0. The number of rotatable bonds is 10. The van der Waals surface area contributed by atoms with Gasteiger partial charge in [0.05, 0.1) is 0 Å². The van der Waals surface area contributed by atoms with Gasteiger partial charge in [0.25, 0.3) is 0 Å². The van der Waals surface area contributed by atoms with Crippen molar-refractivity contribution in [3.63, 3.8) is 0 Å². The normalized spacial score (nSPS) is 19.5. The minimum atomic E-state index is -5.28. The second-order valence-electron chi connectivity index (χ2n) is 16.7. The first-order chi connectivity index (χ1) is 21.0. The van der Waals surface area contributed by atoms with Gasteiger partial charge in [0.15, 0.2) is 0 Å². The van der Waals surface area contributed by atoms with Gasteiger partial charge in [0.2, 0.25) is 0 Å². The summed E-state index contributed by atoms with van der Waals surface area (Å²) in [5.41, 5.74) is 14.2. The van der Waals surface area contributed by atoms with Crippen LogP contribution in [0.3, 0.4) is 0 Å². The van der Waals surface area contributed by atoms with Gasteiger partial charge in [-0.15, -0.1) is 0 Å². The molecule has 2 aliphatic carbocycles. The van der Waals surface area contributed by atoms with Gasteiger partial charge >= 0.3 is 263 Å². The number of hydrogen-bond acceptors (Lipinski definition) is 0. The molecule has 0 radical (unpaired) electrons. The van der Waals surface area contributed by atoms with Crippen molar-refractivity contribution in [2.45, 2.75) is 78.4 Å². The van der Waals surface area contributed by atoms with E-state index in [0.29, 0.717) is 7.35 Å². The fourth-order valence-corrected chi connectivity index (χ4v) is 53.6. The molecule has 1 heteroatoms. The van der Waals surface area contributed by atoms with Crippen LogP contribution in [0.5, 0.6) is 0 Å². The number of fused-ring (bicyclic) bond motifs is 2. The molecule has 2 unspecified atom stereocenters. The van der Waals surface area contributed by atoms with Crippen LogP contribution in [-0.2, 0) is 27.9 Å². The molecular formula is C43H52Hf. The monoisotopic (exact) mass is 748 g/mol. The quantitative estimate of drug-likeness (QED) is 0.142. The van der Waals surface area contributed by atoms with Crippen molar-refractivity contribution in [2.24, 2.45) is 0 Å². The second-order valence-corrected chi connectivity index (χ2v) is 67.3. The number of allylic oxidation sites excluding steroid dienone is 2. The molecule has 6 rings (SSSR count). The predicted octanol–water partition coefficient (Wildman–Crippen LogP) is 12.9. The molecule has 0 heterocycles. The molecule has 2 aliphatic rings. The van der Waals surface area contributed by atoms with Gasteiger partial charge in [-0.05, 0) is 0 Å². The molecule has 0 nitrogen and oxygen atoms in total. The molecule has 44 heavy (non-hydrogen) atoms. The first kappa shape index (κ1) is 31.1. The van der Waals surface area contributed by atoms with Crippen LogP contribution in [0, 0.1) is 0 Å². The Morgan fingerprint density at radius 1 is 0.523 bits per heavy atom. The third kappa shape index (κ3) is 4.28. The van der Waals surface area contributed by atoms with Crippen molar-refractivity contribution in [1.29, 1.82) is 0 Å². The van der Waals surface area contributed by atoms with E-state index in [0.717, 1.165) is 25.7 Å². The summed E-state index contributed by atoms with van der Waals surface area (Å²) >= 11 is -5.28. The van der Waals surface area contributed by atoms with Crippen LogP contribution in [-0.4, -0.2) is 4.26 Å². The van der Waals surface area contributed by atoms with Crippen LogP contribution in [0.25, 0.3) is 34.4 Å². The number of benzene rings is 4. The minimum absolute atomic E-state index is 0.329. The van der Waals surface area contributed by atoms with E-state index in [2.05, 4.69) is 146 Å². The molecule has 0 amide bonds. The summed E-state index contributed by atoms with van der Waals surface area (Å²) < 4.78 is 14.5. The summed E-state index contributed by atoms with van der Waals surface area (Å²) in [6.07, 6.45) is 14.6. The molecule has 0 bridgehead atoms. The molecule has 0 saturated carbocycles. The van der Waals surface area contributed by atoms with E-state index >= 15 is 0 Å². The van der Waals surface area contributed by atoms with Crippen LogP contribution in [0.2, 0.25) is 17.7 Å². The molecule has 0 saturated heterocycles. The fraction of sp³-hybridized carbons (Fsp3) is 0.326. The summed E-state index contributed by atoms with van der Waals surface area (Å²) in [6, 6.07) is 32.2. The fourth-order valence-electron chi connectivity index (χ4n) is 10.9. The predicted molar refractivity (Wildman–Crippen MR) is 195 cm³/mol. The molecule has 228 valence electrons. The zero-order valence-electron chi connectivity index (χ0n) is 28.0. The van der Waals surface area contributed by atoms with E-state index in [1.807, 2.05) is 0 Å². The maximum atomic E-state index is 5.87. The van der Waals surface area contributed by atoms with Crippen molar-refractivity contribution in [2.75, 3.05) is 0 Å². The number of aryl methyl sites for hydroxylation is 2. The Balaban J connectivity index is 1.62. The van der Waals surface area contributed by atoms with Crippen LogP contribution in [0.4, 0.5) is 0 Å². The van der Waals surface area contributed by atoms with Crippen LogP contribution in [0.1, 0.15) is 81.3 Å². The third-order valence-electron chi connectivity index (χ3n) is 12.9. The Morgan fingerprint density at radius 2 is 0.909 bits per heavy atom. The SMILES string of the molecule is [CH2]=[Hf]([CH3])([CH3])([CH2]CC)([CH2]CC)([CH]1C=Cc2c(-c3ccccc3CC)cccc21)[CH]1C=Cc2c(-c3ccccc3CC)cccc21. The second kappa shape index (κ2) is 10.1. The van der Waals surface area contributed by atoms with Gasteiger partial charge in [-0.25, -0.2) is 0 Å². The van der Waals surface area contributed by atoms with Crippen molar-refractivity contribution < 1.29 is 15.1 Å². The van der Waals surface area contributed by atoms with Crippen molar-refractivity contribution in [3.05, 3.63) is 130 Å². The van der Waals surface area contributed by atoms with Crippen molar-refractivity contribution in [1.82, 2.24) is 0 Å². The van der Waals surface area contributed by atoms with Crippen molar-refractivity contribution >= 4 is 16.4 Å². The van der Waals surface area contributed by atoms with Gasteiger partial charge in [-0.3, -0.25) is 0 Å². The van der Waals surface area contributed by atoms with Crippen LogP contribution >= 0.6 is 0 Å². The Kier molecular flexibility index (Phi) is 7.10. The Bertz CT molecular complexity index is 1820. The Labute approximate surface area is 261 Å². The molecule has 0 aromatic heterocycles. The summed E-state index contributed by atoms with van der Waals surface area (Å²) in [4.78, 5) is 0. The van der Waals surface area contributed by atoms with Gasteiger partial charge in [-0.1, -0.05) is 0 Å². The van der Waals surface area contributed by atoms with E-state index in [9.17, 15) is 0 Å². The Hall–Kier alpha value is -2.90.